The van der Waals surface area contributed by atoms with Crippen molar-refractivity contribution < 1.29 is 0 Å². The highest BCUT2D eigenvalue weighted by atomic mass is 35.5. The summed E-state index contributed by atoms with van der Waals surface area (Å²) in [5, 5.41) is 1.00. The molecule has 0 aliphatic rings. The molecule has 0 aliphatic heterocycles. The van der Waals surface area contributed by atoms with Gasteiger partial charge in [0.1, 0.15) is 5.50 Å². The molecule has 0 bridgehead atoms. The zero-order valence-electron chi connectivity index (χ0n) is 13.9. The van der Waals surface area contributed by atoms with Crippen LogP contribution in [0.4, 0.5) is 0 Å². The van der Waals surface area contributed by atoms with Gasteiger partial charge in [-0.05, 0) is 35.4 Å². The fourth-order valence-electron chi connectivity index (χ4n) is 2.48. The van der Waals surface area contributed by atoms with E-state index in [-0.39, 0.29) is 16.0 Å². The van der Waals surface area contributed by atoms with Gasteiger partial charge in [-0.3, -0.25) is 0 Å². The Morgan fingerprint density at radius 2 is 1.56 bits per heavy atom. The maximum atomic E-state index is 6.77. The number of hydrogen-bond acceptors (Lipinski definition) is 4. The van der Waals surface area contributed by atoms with Crippen molar-refractivity contribution in [3.63, 3.8) is 0 Å². The van der Waals surface area contributed by atoms with E-state index in [1.165, 1.54) is 11.8 Å². The molecule has 1 aromatic heterocycles. The molecule has 0 aliphatic carbocycles. The molecule has 3 atom stereocenters. The summed E-state index contributed by atoms with van der Waals surface area (Å²) < 4.78 is 2.58. The molecule has 1 heterocycles. The van der Waals surface area contributed by atoms with Crippen LogP contribution in [0.25, 0.3) is 0 Å². The van der Waals surface area contributed by atoms with Gasteiger partial charge in [-0.25, -0.2) is 4.98 Å². The number of alkyl halides is 1. The Bertz CT molecular complexity index is 884. The van der Waals surface area contributed by atoms with Crippen LogP contribution in [0.5, 0.6) is 0 Å². The maximum absolute atomic E-state index is 6.77. The van der Waals surface area contributed by atoms with Gasteiger partial charge in [0.15, 0.2) is 0 Å². The van der Waals surface area contributed by atoms with Crippen LogP contribution < -0.4 is 0 Å². The van der Waals surface area contributed by atoms with E-state index in [1.54, 1.807) is 12.5 Å². The van der Waals surface area contributed by atoms with Gasteiger partial charge in [0, 0.05) is 22.4 Å². The largest absolute Gasteiger partial charge is 0.319 e. The van der Waals surface area contributed by atoms with Gasteiger partial charge in [0.2, 0.25) is 0 Å². The molecule has 0 N–H and O–H groups in total. The van der Waals surface area contributed by atoms with E-state index in [9.17, 15) is 0 Å². The number of thioether (sulfide) groups is 1. The Labute approximate surface area is 188 Å². The predicted molar refractivity (Wildman–Crippen MR) is 125 cm³/mol. The molecule has 3 aromatic rings. The summed E-state index contributed by atoms with van der Waals surface area (Å²) in [5.74, 6) is 0. The zero-order valence-corrected chi connectivity index (χ0v) is 18.7. The van der Waals surface area contributed by atoms with Crippen LogP contribution in [-0.2, 0) is 0 Å². The second-order valence-electron chi connectivity index (χ2n) is 5.75. The quantitative estimate of drug-likeness (QED) is 0.228. The van der Waals surface area contributed by atoms with Crippen molar-refractivity contribution in [2.45, 2.75) is 16.0 Å². The molecule has 0 radical (unpaired) electrons. The van der Waals surface area contributed by atoms with E-state index >= 15 is 0 Å². The van der Waals surface area contributed by atoms with Crippen molar-refractivity contribution in [2.24, 2.45) is 0 Å². The summed E-state index contributed by atoms with van der Waals surface area (Å²) in [6.07, 6.45) is 5.23. The Kier molecular flexibility index (Phi) is 7.54. The van der Waals surface area contributed by atoms with Gasteiger partial charge < -0.3 is 4.57 Å². The van der Waals surface area contributed by atoms with Crippen LogP contribution in [0.1, 0.15) is 27.1 Å². The fourth-order valence-corrected chi connectivity index (χ4v) is 5.01. The van der Waals surface area contributed by atoms with Crippen molar-refractivity contribution in [2.75, 3.05) is 0 Å². The predicted octanol–water partition coefficient (Wildman–Crippen LogP) is 7.40. The number of hydrogen-bond donors (Lipinski definition) is 1. The van der Waals surface area contributed by atoms with E-state index < -0.39 is 0 Å². The van der Waals surface area contributed by atoms with Crippen molar-refractivity contribution >= 4 is 75.6 Å². The van der Waals surface area contributed by atoms with Gasteiger partial charge in [0.25, 0.3) is 0 Å². The Balaban J connectivity index is 1.85. The number of rotatable bonds is 6. The number of benzene rings is 2. The zero-order chi connectivity index (χ0) is 19.4. The molecule has 3 unspecified atom stereocenters. The molecule has 27 heavy (non-hydrogen) atoms. The minimum Gasteiger partial charge on any atom is -0.319 e. The lowest BCUT2D eigenvalue weighted by Gasteiger charge is -2.25. The van der Waals surface area contributed by atoms with Gasteiger partial charge in [-0.2, -0.15) is 12.6 Å². The van der Waals surface area contributed by atoms with Crippen molar-refractivity contribution in [1.29, 1.82) is 0 Å². The topological polar surface area (TPSA) is 17.8 Å². The first-order chi connectivity index (χ1) is 13.0. The molecule has 0 amide bonds. The summed E-state index contributed by atoms with van der Waals surface area (Å²) in [6.45, 7) is 0. The van der Waals surface area contributed by atoms with Crippen molar-refractivity contribution in [3.8, 4) is 0 Å². The molecule has 140 valence electrons. The summed E-state index contributed by atoms with van der Waals surface area (Å²) in [7, 11) is 0. The third-order valence-electron chi connectivity index (χ3n) is 3.91. The Morgan fingerprint density at radius 1 is 1.00 bits per heavy atom. The second kappa shape index (κ2) is 9.68. The number of imidazole rings is 1. The van der Waals surface area contributed by atoms with Gasteiger partial charge in [-0.15, -0.1) is 11.8 Å². The highest BCUT2D eigenvalue weighted by molar-refractivity contribution is 8.24. The summed E-state index contributed by atoms with van der Waals surface area (Å²) in [4.78, 5) is 4.09. The van der Waals surface area contributed by atoms with Gasteiger partial charge in [0.05, 0.1) is 21.0 Å². The second-order valence-corrected chi connectivity index (χ2v) is 9.46. The summed E-state index contributed by atoms with van der Waals surface area (Å²) >= 11 is 30.7. The highest BCUT2D eigenvalue weighted by Crippen LogP contribution is 2.45. The number of thiol groups is 1. The van der Waals surface area contributed by atoms with Gasteiger partial charge in [-0.1, -0.05) is 71.3 Å². The first-order valence-electron chi connectivity index (χ1n) is 7.96. The highest BCUT2D eigenvalue weighted by Gasteiger charge is 2.27. The van der Waals surface area contributed by atoms with Crippen LogP contribution >= 0.6 is 71.4 Å². The van der Waals surface area contributed by atoms with E-state index in [0.29, 0.717) is 10.0 Å². The number of aromatic nitrogens is 2. The van der Waals surface area contributed by atoms with Crippen molar-refractivity contribution in [1.82, 2.24) is 9.55 Å². The van der Waals surface area contributed by atoms with E-state index in [0.717, 1.165) is 15.3 Å². The minimum atomic E-state index is -0.373. The van der Waals surface area contributed by atoms with Crippen LogP contribution in [0.15, 0.2) is 67.3 Å². The lowest BCUT2D eigenvalue weighted by atomic mass is 10.1. The van der Waals surface area contributed by atoms with Gasteiger partial charge >= 0.3 is 0 Å². The fraction of sp³-hybridized carbons (Fsp3) is 0.158. The third-order valence-corrected chi connectivity index (χ3v) is 7.72. The first kappa shape index (κ1) is 21.0. The lowest BCUT2D eigenvalue weighted by molar-refractivity contribution is 0.653. The average molecular weight is 474 g/mol. The smallest absolute Gasteiger partial charge is 0.125 e. The number of halogens is 3. The Hall–Kier alpha value is -0.690. The SMILES string of the molecule is S=C(SC(c1ccc(Cl)cc1)C(Cl)n1ccnc1)C(S)c1ccc(Cl)cc1. The molecule has 0 saturated carbocycles. The standard InChI is InChI=1S/C19H15Cl3N2S3/c20-14-5-1-12(2-6-14)16(25)19(26)27-17(13-3-7-15(21)8-4-13)18(22)24-10-9-23-11-24/h1-11,16-18,25H. The molecule has 2 aromatic carbocycles. The van der Waals surface area contributed by atoms with Crippen molar-refractivity contribution in [3.05, 3.63) is 88.4 Å². The average Bonchev–Trinajstić information content (AvgIpc) is 3.21. The minimum absolute atomic E-state index is 0.132. The van der Waals surface area contributed by atoms with E-state index in [2.05, 4.69) is 4.98 Å². The van der Waals surface area contributed by atoms with Crippen LogP contribution in [-0.4, -0.2) is 13.7 Å². The summed E-state index contributed by atoms with van der Waals surface area (Å²) in [6, 6.07) is 15.1. The molecular formula is C19H15Cl3N2S3. The summed E-state index contributed by atoms with van der Waals surface area (Å²) in [5.41, 5.74) is 1.64. The molecule has 3 rings (SSSR count). The van der Waals surface area contributed by atoms with Crippen LogP contribution in [0.2, 0.25) is 10.0 Å². The number of nitrogens with zero attached hydrogens (tertiary/aromatic N) is 2. The molecule has 0 saturated heterocycles. The number of thiocarbonyl (C=S) groups is 1. The molecule has 2 nitrogen and oxygen atoms in total. The molecule has 0 fully saturated rings. The first-order valence-corrected chi connectivity index (χ1v) is 11.0. The molecule has 0 spiro atoms. The maximum Gasteiger partial charge on any atom is 0.125 e. The molecule has 8 heteroatoms. The third kappa shape index (κ3) is 5.43. The monoisotopic (exact) mass is 472 g/mol. The van der Waals surface area contributed by atoms with E-state index in [1.807, 2.05) is 59.3 Å². The molecular weight excluding hydrogens is 459 g/mol. The van der Waals surface area contributed by atoms with Crippen LogP contribution in [0, 0.1) is 0 Å². The van der Waals surface area contributed by atoms with E-state index in [4.69, 9.17) is 59.6 Å². The normalized spacial score (nSPS) is 14.5. The Morgan fingerprint density at radius 3 is 2.07 bits per heavy atom. The lowest BCUT2D eigenvalue weighted by Crippen LogP contribution is -2.12. The van der Waals surface area contributed by atoms with Crippen LogP contribution in [0.3, 0.4) is 0 Å².